The fraction of sp³-hybridized carbons (Fsp3) is 0.200. The van der Waals surface area contributed by atoms with Gasteiger partial charge in [0.05, 0.1) is 0 Å². The van der Waals surface area contributed by atoms with Crippen LogP contribution >= 0.6 is 11.5 Å². The quantitative estimate of drug-likeness (QED) is 0.850. The van der Waals surface area contributed by atoms with Gasteiger partial charge in [-0.2, -0.15) is 0 Å². The molecular weight excluding hydrogens is 210 g/mol. The molecule has 15 heavy (non-hydrogen) atoms. The maximum absolute atomic E-state index is 5.37. The number of hydrogen-bond acceptors (Lipinski definition) is 5. The summed E-state index contributed by atoms with van der Waals surface area (Å²) in [6.07, 6.45) is 0. The fourth-order valence-corrected chi connectivity index (χ4v) is 1.65. The predicted molar refractivity (Wildman–Crippen MR) is 59.9 cm³/mol. The largest absolute Gasteiger partial charge is 0.492 e. The maximum Gasteiger partial charge on any atom is 0.119 e. The van der Waals surface area contributed by atoms with E-state index in [1.165, 1.54) is 11.5 Å². The van der Waals surface area contributed by atoms with E-state index >= 15 is 0 Å². The van der Waals surface area contributed by atoms with Crippen molar-refractivity contribution < 1.29 is 4.74 Å². The van der Waals surface area contributed by atoms with E-state index in [1.807, 2.05) is 29.6 Å². The Morgan fingerprint density at radius 1 is 1.27 bits per heavy atom. The second-order valence-corrected chi connectivity index (χ2v) is 3.56. The Hall–Kier alpha value is -1.46. The molecule has 0 spiro atoms. The zero-order valence-electron chi connectivity index (χ0n) is 8.09. The minimum absolute atomic E-state index is 0.526. The summed E-state index contributed by atoms with van der Waals surface area (Å²) in [5, 5.41) is 5.90. The maximum atomic E-state index is 5.37. The van der Waals surface area contributed by atoms with Crippen LogP contribution in [0.15, 0.2) is 29.6 Å². The van der Waals surface area contributed by atoms with Gasteiger partial charge in [0.15, 0.2) is 0 Å². The van der Waals surface area contributed by atoms with Gasteiger partial charge < -0.3 is 10.5 Å². The highest BCUT2D eigenvalue weighted by molar-refractivity contribution is 7.03. The van der Waals surface area contributed by atoms with Gasteiger partial charge in [-0.25, -0.2) is 0 Å². The first-order chi connectivity index (χ1) is 7.40. The molecule has 0 aliphatic rings. The summed E-state index contributed by atoms with van der Waals surface area (Å²) >= 11 is 1.34. The van der Waals surface area contributed by atoms with Crippen LogP contribution in [0.3, 0.4) is 0 Å². The molecule has 0 aliphatic heterocycles. The van der Waals surface area contributed by atoms with Gasteiger partial charge in [0.2, 0.25) is 0 Å². The van der Waals surface area contributed by atoms with E-state index in [0.717, 1.165) is 17.0 Å². The molecule has 1 aromatic carbocycles. The molecule has 0 saturated carbocycles. The van der Waals surface area contributed by atoms with Crippen molar-refractivity contribution in [1.29, 1.82) is 0 Å². The molecule has 0 bridgehead atoms. The van der Waals surface area contributed by atoms with Crippen LogP contribution < -0.4 is 10.5 Å². The van der Waals surface area contributed by atoms with Crippen LogP contribution in [0, 0.1) is 0 Å². The molecule has 0 aliphatic carbocycles. The molecule has 0 amide bonds. The molecule has 1 aromatic heterocycles. The second-order valence-electron chi connectivity index (χ2n) is 2.95. The molecule has 2 aromatic rings. The van der Waals surface area contributed by atoms with E-state index in [9.17, 15) is 0 Å². The van der Waals surface area contributed by atoms with Gasteiger partial charge in [-0.15, -0.1) is 5.10 Å². The molecule has 78 valence electrons. The highest BCUT2D eigenvalue weighted by Gasteiger charge is 2.00. The van der Waals surface area contributed by atoms with Crippen molar-refractivity contribution in [1.82, 2.24) is 9.59 Å². The summed E-state index contributed by atoms with van der Waals surface area (Å²) in [5.74, 6) is 0.826. The van der Waals surface area contributed by atoms with Gasteiger partial charge in [-0.3, -0.25) is 0 Å². The van der Waals surface area contributed by atoms with Crippen molar-refractivity contribution >= 4 is 11.5 Å². The molecule has 2 rings (SSSR count). The van der Waals surface area contributed by atoms with E-state index in [2.05, 4.69) is 9.59 Å². The van der Waals surface area contributed by atoms with Crippen LogP contribution in [-0.2, 0) is 0 Å². The lowest BCUT2D eigenvalue weighted by molar-refractivity contribution is 0.328. The van der Waals surface area contributed by atoms with Crippen LogP contribution in [0.1, 0.15) is 0 Å². The van der Waals surface area contributed by atoms with Crippen LogP contribution in [0.2, 0.25) is 0 Å². The zero-order valence-corrected chi connectivity index (χ0v) is 8.91. The molecule has 0 unspecified atom stereocenters. The number of benzene rings is 1. The standard InChI is InChI=1S/C10H11N3OS/c11-5-6-14-9-3-1-8(2-4-9)10-7-15-13-12-10/h1-4,7H,5-6,11H2. The van der Waals surface area contributed by atoms with Gasteiger partial charge in [-0.05, 0) is 35.8 Å². The van der Waals surface area contributed by atoms with Gasteiger partial charge in [0.1, 0.15) is 18.1 Å². The van der Waals surface area contributed by atoms with Crippen molar-refractivity contribution in [3.8, 4) is 17.0 Å². The van der Waals surface area contributed by atoms with Crippen molar-refractivity contribution in [2.75, 3.05) is 13.2 Å². The number of nitrogens with two attached hydrogens (primary N) is 1. The monoisotopic (exact) mass is 221 g/mol. The van der Waals surface area contributed by atoms with Crippen molar-refractivity contribution in [3.63, 3.8) is 0 Å². The zero-order chi connectivity index (χ0) is 10.5. The van der Waals surface area contributed by atoms with Crippen LogP contribution in [0.5, 0.6) is 5.75 Å². The van der Waals surface area contributed by atoms with Crippen LogP contribution in [-0.4, -0.2) is 22.7 Å². The van der Waals surface area contributed by atoms with E-state index in [4.69, 9.17) is 10.5 Å². The highest BCUT2D eigenvalue weighted by Crippen LogP contribution is 2.20. The molecule has 0 radical (unpaired) electrons. The first-order valence-corrected chi connectivity index (χ1v) is 5.44. The van der Waals surface area contributed by atoms with E-state index in [1.54, 1.807) is 0 Å². The van der Waals surface area contributed by atoms with E-state index in [0.29, 0.717) is 13.2 Å². The molecule has 5 heteroatoms. The Balaban J connectivity index is 2.11. The lowest BCUT2D eigenvalue weighted by atomic mass is 10.2. The Kier molecular flexibility index (Phi) is 3.26. The lowest BCUT2D eigenvalue weighted by Gasteiger charge is -2.04. The van der Waals surface area contributed by atoms with Crippen molar-refractivity contribution in [2.45, 2.75) is 0 Å². The molecule has 4 nitrogen and oxygen atoms in total. The number of hydrogen-bond donors (Lipinski definition) is 1. The number of aromatic nitrogens is 2. The summed E-state index contributed by atoms with van der Waals surface area (Å²) in [5.41, 5.74) is 7.28. The molecular formula is C10H11N3OS. The van der Waals surface area contributed by atoms with E-state index < -0.39 is 0 Å². The number of nitrogens with zero attached hydrogens (tertiary/aromatic N) is 2. The first-order valence-electron chi connectivity index (χ1n) is 4.60. The normalized spacial score (nSPS) is 10.2. The first kappa shape index (κ1) is 10.1. The summed E-state index contributed by atoms with van der Waals surface area (Å²) in [6.45, 7) is 1.06. The molecule has 1 heterocycles. The SMILES string of the molecule is NCCOc1ccc(-c2csnn2)cc1. The molecule has 2 N–H and O–H groups in total. The van der Waals surface area contributed by atoms with Gasteiger partial charge in [-0.1, -0.05) is 4.49 Å². The molecule has 0 saturated heterocycles. The third-order valence-corrected chi connectivity index (χ3v) is 2.40. The minimum Gasteiger partial charge on any atom is -0.492 e. The second kappa shape index (κ2) is 4.86. The van der Waals surface area contributed by atoms with E-state index in [-0.39, 0.29) is 0 Å². The summed E-state index contributed by atoms with van der Waals surface area (Å²) in [6, 6.07) is 7.74. The molecule has 0 fully saturated rings. The Morgan fingerprint density at radius 3 is 2.67 bits per heavy atom. The average Bonchev–Trinajstić information content (AvgIpc) is 2.80. The predicted octanol–water partition coefficient (Wildman–Crippen LogP) is 1.54. The van der Waals surface area contributed by atoms with Gasteiger partial charge in [0.25, 0.3) is 0 Å². The molecule has 0 atom stereocenters. The average molecular weight is 221 g/mol. The Labute approximate surface area is 91.9 Å². The summed E-state index contributed by atoms with van der Waals surface area (Å²) in [4.78, 5) is 0. The van der Waals surface area contributed by atoms with Crippen LogP contribution in [0.25, 0.3) is 11.3 Å². The van der Waals surface area contributed by atoms with Gasteiger partial charge >= 0.3 is 0 Å². The van der Waals surface area contributed by atoms with Gasteiger partial charge in [0, 0.05) is 17.5 Å². The Bertz CT molecular complexity index is 399. The third-order valence-electron chi connectivity index (χ3n) is 1.90. The van der Waals surface area contributed by atoms with Crippen LogP contribution in [0.4, 0.5) is 0 Å². The summed E-state index contributed by atoms with van der Waals surface area (Å²) in [7, 11) is 0. The van der Waals surface area contributed by atoms with Crippen molar-refractivity contribution in [2.24, 2.45) is 5.73 Å². The number of rotatable bonds is 4. The minimum atomic E-state index is 0.526. The lowest BCUT2D eigenvalue weighted by Crippen LogP contribution is -2.10. The van der Waals surface area contributed by atoms with Crippen molar-refractivity contribution in [3.05, 3.63) is 29.6 Å². The highest BCUT2D eigenvalue weighted by atomic mass is 32.1. The number of ether oxygens (including phenoxy) is 1. The summed E-state index contributed by atoms with van der Waals surface area (Å²) < 4.78 is 9.18. The smallest absolute Gasteiger partial charge is 0.119 e. The topological polar surface area (TPSA) is 61.0 Å². The fourth-order valence-electron chi connectivity index (χ4n) is 1.19. The third kappa shape index (κ3) is 2.51. The Morgan fingerprint density at radius 2 is 2.07 bits per heavy atom.